The number of Topliss-reactive ketones (excluding diaryl/α,β-unsaturated/α-hetero) is 1. The summed E-state index contributed by atoms with van der Waals surface area (Å²) >= 11 is 0. The number of piperidine rings is 1. The zero-order chi connectivity index (χ0) is 9.26. The Morgan fingerprint density at radius 3 is 2.62 bits per heavy atom. The molecule has 0 aromatic rings. The lowest BCUT2D eigenvalue weighted by atomic mass is 9.89. The molecule has 0 amide bonds. The van der Waals surface area contributed by atoms with Crippen LogP contribution in [-0.2, 0) is 4.79 Å². The average Bonchev–Trinajstić information content (AvgIpc) is 3.00. The monoisotopic (exact) mass is 181 g/mol. The first-order valence-electron chi connectivity index (χ1n) is 5.56. The summed E-state index contributed by atoms with van der Waals surface area (Å²) in [6.45, 7) is 3.20. The van der Waals surface area contributed by atoms with Gasteiger partial charge in [0.2, 0.25) is 0 Å². The second kappa shape index (κ2) is 3.79. The SMILES string of the molecule is CC(C(=O)C1CC1)C1CCCCN1. The number of hydrogen-bond donors (Lipinski definition) is 1. The molecule has 0 bridgehead atoms. The molecule has 2 rings (SSSR count). The second-order valence-corrected chi connectivity index (χ2v) is 4.52. The van der Waals surface area contributed by atoms with Crippen LogP contribution in [-0.4, -0.2) is 18.4 Å². The van der Waals surface area contributed by atoms with Gasteiger partial charge in [0.05, 0.1) is 0 Å². The van der Waals surface area contributed by atoms with Gasteiger partial charge in [-0.05, 0) is 32.2 Å². The summed E-state index contributed by atoms with van der Waals surface area (Å²) in [5.41, 5.74) is 0. The summed E-state index contributed by atoms with van der Waals surface area (Å²) in [5, 5.41) is 3.46. The molecule has 0 radical (unpaired) electrons. The van der Waals surface area contributed by atoms with Gasteiger partial charge in [-0.15, -0.1) is 0 Å². The van der Waals surface area contributed by atoms with Crippen molar-refractivity contribution >= 4 is 5.78 Å². The summed E-state index contributed by atoms with van der Waals surface area (Å²) in [6, 6.07) is 0.474. The van der Waals surface area contributed by atoms with E-state index in [1.165, 1.54) is 19.3 Å². The van der Waals surface area contributed by atoms with Crippen molar-refractivity contribution in [2.45, 2.75) is 45.1 Å². The zero-order valence-corrected chi connectivity index (χ0v) is 8.38. The normalized spacial score (nSPS) is 31.3. The molecular formula is C11H19NO. The molecule has 1 aliphatic carbocycles. The Morgan fingerprint density at radius 1 is 1.31 bits per heavy atom. The third kappa shape index (κ3) is 2.11. The first-order valence-corrected chi connectivity index (χ1v) is 5.56. The van der Waals surface area contributed by atoms with Crippen LogP contribution in [0.3, 0.4) is 0 Å². The van der Waals surface area contributed by atoms with Crippen LogP contribution in [0.25, 0.3) is 0 Å². The molecular weight excluding hydrogens is 162 g/mol. The number of nitrogens with one attached hydrogen (secondary N) is 1. The summed E-state index contributed by atoms with van der Waals surface area (Å²) in [7, 11) is 0. The van der Waals surface area contributed by atoms with E-state index in [0.717, 1.165) is 19.4 Å². The molecule has 1 saturated heterocycles. The van der Waals surface area contributed by atoms with E-state index in [-0.39, 0.29) is 5.92 Å². The van der Waals surface area contributed by atoms with Gasteiger partial charge >= 0.3 is 0 Å². The maximum Gasteiger partial charge on any atom is 0.140 e. The van der Waals surface area contributed by atoms with Crippen molar-refractivity contribution in [3.8, 4) is 0 Å². The predicted octanol–water partition coefficient (Wildman–Crippen LogP) is 1.74. The number of rotatable bonds is 3. The van der Waals surface area contributed by atoms with E-state index in [9.17, 15) is 4.79 Å². The van der Waals surface area contributed by atoms with E-state index in [0.29, 0.717) is 17.7 Å². The quantitative estimate of drug-likeness (QED) is 0.718. The molecule has 1 heterocycles. The fraction of sp³-hybridized carbons (Fsp3) is 0.909. The van der Waals surface area contributed by atoms with E-state index >= 15 is 0 Å². The molecule has 2 unspecified atom stereocenters. The second-order valence-electron chi connectivity index (χ2n) is 4.52. The fourth-order valence-electron chi connectivity index (χ4n) is 2.24. The minimum atomic E-state index is 0.257. The van der Waals surface area contributed by atoms with Gasteiger partial charge in [0, 0.05) is 17.9 Å². The molecule has 13 heavy (non-hydrogen) atoms. The van der Waals surface area contributed by atoms with Gasteiger partial charge in [-0.3, -0.25) is 4.79 Å². The summed E-state index contributed by atoms with van der Waals surface area (Å²) in [5.74, 6) is 1.20. The topological polar surface area (TPSA) is 29.1 Å². The molecule has 0 aromatic heterocycles. The van der Waals surface area contributed by atoms with E-state index in [4.69, 9.17) is 0 Å². The lowest BCUT2D eigenvalue weighted by molar-refractivity contribution is -0.124. The van der Waals surface area contributed by atoms with Gasteiger partial charge in [0.1, 0.15) is 5.78 Å². The minimum Gasteiger partial charge on any atom is -0.313 e. The van der Waals surface area contributed by atoms with Crippen LogP contribution in [0.5, 0.6) is 0 Å². The van der Waals surface area contributed by atoms with Crippen LogP contribution in [0.15, 0.2) is 0 Å². The van der Waals surface area contributed by atoms with E-state index in [1.54, 1.807) is 0 Å². The summed E-state index contributed by atoms with van der Waals surface area (Å²) < 4.78 is 0. The van der Waals surface area contributed by atoms with E-state index in [1.807, 2.05) is 0 Å². The molecule has 1 N–H and O–H groups in total. The van der Waals surface area contributed by atoms with E-state index in [2.05, 4.69) is 12.2 Å². The molecule has 2 fully saturated rings. The third-order valence-corrected chi connectivity index (χ3v) is 3.38. The van der Waals surface area contributed by atoms with Crippen molar-refractivity contribution in [1.82, 2.24) is 5.32 Å². The lowest BCUT2D eigenvalue weighted by Crippen LogP contribution is -2.42. The average molecular weight is 181 g/mol. The maximum atomic E-state index is 11.8. The molecule has 2 heteroatoms. The van der Waals surface area contributed by atoms with Crippen molar-refractivity contribution in [3.63, 3.8) is 0 Å². The summed E-state index contributed by atoms with van der Waals surface area (Å²) in [4.78, 5) is 11.8. The number of carbonyl (C=O) groups excluding carboxylic acids is 1. The van der Waals surface area contributed by atoms with Crippen LogP contribution >= 0.6 is 0 Å². The van der Waals surface area contributed by atoms with Crippen LogP contribution < -0.4 is 5.32 Å². The Labute approximate surface area is 80.1 Å². The highest BCUT2D eigenvalue weighted by molar-refractivity contribution is 5.85. The van der Waals surface area contributed by atoms with Crippen molar-refractivity contribution < 1.29 is 4.79 Å². The largest absolute Gasteiger partial charge is 0.313 e. The Morgan fingerprint density at radius 2 is 2.08 bits per heavy atom. The highest BCUT2D eigenvalue weighted by atomic mass is 16.1. The van der Waals surface area contributed by atoms with Crippen molar-refractivity contribution in [2.24, 2.45) is 11.8 Å². The number of carbonyl (C=O) groups is 1. The van der Waals surface area contributed by atoms with Crippen molar-refractivity contribution in [2.75, 3.05) is 6.54 Å². The third-order valence-electron chi connectivity index (χ3n) is 3.38. The number of ketones is 1. The lowest BCUT2D eigenvalue weighted by Gasteiger charge is -2.28. The molecule has 1 saturated carbocycles. The van der Waals surface area contributed by atoms with Crippen LogP contribution in [0.2, 0.25) is 0 Å². The first-order chi connectivity index (χ1) is 6.29. The van der Waals surface area contributed by atoms with Gasteiger partial charge in [-0.25, -0.2) is 0 Å². The molecule has 2 nitrogen and oxygen atoms in total. The van der Waals surface area contributed by atoms with Crippen LogP contribution in [0.4, 0.5) is 0 Å². The smallest absolute Gasteiger partial charge is 0.140 e. The van der Waals surface area contributed by atoms with Gasteiger partial charge in [0.25, 0.3) is 0 Å². The standard InChI is InChI=1S/C11H19NO/c1-8(11(13)9-5-6-9)10-4-2-3-7-12-10/h8-10,12H,2-7H2,1H3. The van der Waals surface area contributed by atoms with Gasteiger partial charge in [-0.2, -0.15) is 0 Å². The zero-order valence-electron chi connectivity index (χ0n) is 8.38. The maximum absolute atomic E-state index is 11.8. The fourth-order valence-corrected chi connectivity index (χ4v) is 2.24. The molecule has 2 aliphatic rings. The summed E-state index contributed by atoms with van der Waals surface area (Å²) in [6.07, 6.45) is 6.06. The Bertz CT molecular complexity index is 192. The number of hydrogen-bond acceptors (Lipinski definition) is 2. The Hall–Kier alpha value is -0.370. The van der Waals surface area contributed by atoms with Crippen molar-refractivity contribution in [1.29, 1.82) is 0 Å². The molecule has 1 aliphatic heterocycles. The molecule has 0 aromatic carbocycles. The van der Waals surface area contributed by atoms with Gasteiger partial charge in [0.15, 0.2) is 0 Å². The van der Waals surface area contributed by atoms with Gasteiger partial charge < -0.3 is 5.32 Å². The minimum absolute atomic E-state index is 0.257. The van der Waals surface area contributed by atoms with Crippen LogP contribution in [0.1, 0.15) is 39.0 Å². The van der Waals surface area contributed by atoms with Crippen LogP contribution in [0, 0.1) is 11.8 Å². The van der Waals surface area contributed by atoms with Gasteiger partial charge in [-0.1, -0.05) is 13.3 Å². The Balaban J connectivity index is 1.86. The molecule has 0 spiro atoms. The first kappa shape index (κ1) is 9.20. The molecule has 74 valence electrons. The highest BCUT2D eigenvalue weighted by Crippen LogP contribution is 2.34. The predicted molar refractivity (Wildman–Crippen MR) is 52.5 cm³/mol. The highest BCUT2D eigenvalue weighted by Gasteiger charge is 2.36. The Kier molecular flexibility index (Phi) is 2.68. The molecule has 2 atom stereocenters. The van der Waals surface area contributed by atoms with Crippen molar-refractivity contribution in [3.05, 3.63) is 0 Å². The van der Waals surface area contributed by atoms with E-state index < -0.39 is 0 Å².